The Hall–Kier alpha value is -4.68. The zero-order chi connectivity index (χ0) is 24.8. The summed E-state index contributed by atoms with van der Waals surface area (Å²) in [6.07, 6.45) is 2.45. The number of carbonyl (C=O) groups excluding carboxylic acids is 2. The van der Waals surface area contributed by atoms with Crippen molar-refractivity contribution in [3.63, 3.8) is 0 Å². The molecule has 0 unspecified atom stereocenters. The zero-order valence-electron chi connectivity index (χ0n) is 17.8. The number of rotatable bonds is 5. The maximum absolute atomic E-state index is 12.8. The van der Waals surface area contributed by atoms with E-state index < -0.39 is 22.8 Å². The van der Waals surface area contributed by atoms with Gasteiger partial charge in [0.15, 0.2) is 10.0 Å². The number of carbonyl (C=O) groups is 2. The van der Waals surface area contributed by atoms with E-state index in [-0.39, 0.29) is 31.6 Å². The molecule has 10 nitrogen and oxygen atoms in total. The smallest absolute Gasteiger partial charge is 0.347 e. The van der Waals surface area contributed by atoms with E-state index in [2.05, 4.69) is 19.9 Å². The van der Waals surface area contributed by atoms with Crippen LogP contribution in [0.15, 0.2) is 79.3 Å². The van der Waals surface area contributed by atoms with Crippen LogP contribution in [-0.2, 0) is 0 Å². The standard InChI is InChI=1S/C24H10N4O6S2/c29-17(15-9-25-21(35-15)19-27-13-7-3-1-5-11(13)23(31)33-19)18(30)16-10-26-22(36-16)20-28-14-8-4-2-6-12(14)24(32)34-20/h1-10H. The lowest BCUT2D eigenvalue weighted by molar-refractivity contribution is 0.0821. The minimum atomic E-state index is -0.815. The number of benzene rings is 2. The molecule has 0 aliphatic rings. The molecule has 36 heavy (non-hydrogen) atoms. The van der Waals surface area contributed by atoms with Gasteiger partial charge in [-0.2, -0.15) is 0 Å². The van der Waals surface area contributed by atoms with Gasteiger partial charge in [-0.05, 0) is 24.3 Å². The van der Waals surface area contributed by atoms with Crippen LogP contribution in [0.2, 0.25) is 0 Å². The average molecular weight is 515 g/mol. The molecule has 0 saturated heterocycles. The van der Waals surface area contributed by atoms with Gasteiger partial charge in [-0.1, -0.05) is 24.3 Å². The summed E-state index contributed by atoms with van der Waals surface area (Å²) in [5.41, 5.74) is -0.315. The minimum absolute atomic E-state index is 0.0397. The first-order valence-electron chi connectivity index (χ1n) is 10.3. The van der Waals surface area contributed by atoms with E-state index in [4.69, 9.17) is 8.83 Å². The molecule has 0 aliphatic carbocycles. The number of hydrogen-bond donors (Lipinski definition) is 0. The van der Waals surface area contributed by atoms with Crippen LogP contribution in [0.5, 0.6) is 0 Å². The van der Waals surface area contributed by atoms with E-state index in [1.165, 1.54) is 12.4 Å². The maximum Gasteiger partial charge on any atom is 0.347 e. The third kappa shape index (κ3) is 3.74. The Morgan fingerprint density at radius 2 is 1.06 bits per heavy atom. The van der Waals surface area contributed by atoms with E-state index >= 15 is 0 Å². The topological polar surface area (TPSA) is 146 Å². The van der Waals surface area contributed by atoms with Gasteiger partial charge in [0.2, 0.25) is 11.6 Å². The van der Waals surface area contributed by atoms with E-state index in [0.29, 0.717) is 21.8 Å². The molecule has 4 heterocycles. The number of aromatic nitrogens is 4. The van der Waals surface area contributed by atoms with Crippen LogP contribution in [0.1, 0.15) is 19.3 Å². The van der Waals surface area contributed by atoms with Crippen molar-refractivity contribution in [1.29, 1.82) is 0 Å². The molecule has 0 saturated carbocycles. The fourth-order valence-corrected chi connectivity index (χ4v) is 4.96. The number of ketones is 2. The van der Waals surface area contributed by atoms with Gasteiger partial charge < -0.3 is 8.83 Å². The Kier molecular flexibility index (Phi) is 5.16. The van der Waals surface area contributed by atoms with E-state index in [9.17, 15) is 19.2 Å². The highest BCUT2D eigenvalue weighted by Crippen LogP contribution is 2.28. The van der Waals surface area contributed by atoms with Crippen LogP contribution < -0.4 is 11.3 Å². The Labute approximate surface area is 207 Å². The molecule has 0 N–H and O–H groups in total. The highest BCUT2D eigenvalue weighted by molar-refractivity contribution is 7.19. The molecule has 0 spiro atoms. The predicted octanol–water partition coefficient (Wildman–Crippen LogP) is 4.00. The van der Waals surface area contributed by atoms with Crippen LogP contribution in [0, 0.1) is 0 Å². The summed E-state index contributed by atoms with van der Waals surface area (Å²) in [7, 11) is 0. The van der Waals surface area contributed by atoms with E-state index in [1.54, 1.807) is 48.5 Å². The van der Waals surface area contributed by atoms with E-state index in [0.717, 1.165) is 22.7 Å². The lowest BCUT2D eigenvalue weighted by atomic mass is 10.2. The normalized spacial score (nSPS) is 11.2. The average Bonchev–Trinajstić information content (AvgIpc) is 3.59. The molecular formula is C24H10N4O6S2. The SMILES string of the molecule is O=C(C(=O)c1cnc(-c2nc3ccccc3c(=O)o2)s1)c1cnc(-c2nc3ccccc3c(=O)o2)s1. The molecule has 0 amide bonds. The van der Waals surface area contributed by atoms with Crippen molar-refractivity contribution in [3.05, 3.63) is 91.5 Å². The first-order valence-corrected chi connectivity index (χ1v) is 11.9. The third-order valence-electron chi connectivity index (χ3n) is 5.10. The highest BCUT2D eigenvalue weighted by atomic mass is 32.1. The summed E-state index contributed by atoms with van der Waals surface area (Å²) in [5.74, 6) is -1.73. The van der Waals surface area contributed by atoms with Crippen molar-refractivity contribution in [3.8, 4) is 21.8 Å². The minimum Gasteiger partial charge on any atom is -0.400 e. The highest BCUT2D eigenvalue weighted by Gasteiger charge is 2.25. The summed E-state index contributed by atoms with van der Waals surface area (Å²) in [6, 6.07) is 13.4. The van der Waals surface area contributed by atoms with Crippen LogP contribution in [-0.4, -0.2) is 31.5 Å². The fraction of sp³-hybridized carbons (Fsp3) is 0. The molecule has 4 aromatic heterocycles. The van der Waals surface area contributed by atoms with Gasteiger partial charge in [-0.15, -0.1) is 22.7 Å². The number of hydrogen-bond acceptors (Lipinski definition) is 12. The van der Waals surface area contributed by atoms with Gasteiger partial charge in [-0.3, -0.25) is 9.59 Å². The second kappa shape index (κ2) is 8.52. The Bertz CT molecular complexity index is 1810. The molecule has 174 valence electrons. The van der Waals surface area contributed by atoms with Gasteiger partial charge >= 0.3 is 11.3 Å². The molecule has 12 heteroatoms. The largest absolute Gasteiger partial charge is 0.400 e. The van der Waals surface area contributed by atoms with Crippen LogP contribution >= 0.6 is 22.7 Å². The third-order valence-corrected chi connectivity index (χ3v) is 7.07. The Balaban J connectivity index is 1.28. The van der Waals surface area contributed by atoms with Gasteiger partial charge in [-0.25, -0.2) is 29.5 Å². The lowest BCUT2D eigenvalue weighted by Crippen LogP contribution is -2.11. The Morgan fingerprint density at radius 3 is 1.50 bits per heavy atom. The first kappa shape index (κ1) is 21.8. The fourth-order valence-electron chi connectivity index (χ4n) is 3.40. The molecular weight excluding hydrogens is 504 g/mol. The second-order valence-corrected chi connectivity index (χ2v) is 9.43. The Morgan fingerprint density at radius 1 is 0.639 bits per heavy atom. The molecule has 0 aliphatic heterocycles. The van der Waals surface area contributed by atoms with Gasteiger partial charge in [0.05, 0.1) is 44.0 Å². The molecule has 2 aromatic carbocycles. The molecule has 6 rings (SSSR count). The molecule has 6 aromatic rings. The van der Waals surface area contributed by atoms with Crippen molar-refractivity contribution in [2.75, 3.05) is 0 Å². The molecule has 0 bridgehead atoms. The van der Waals surface area contributed by atoms with Crippen molar-refractivity contribution in [1.82, 2.24) is 19.9 Å². The van der Waals surface area contributed by atoms with Crippen molar-refractivity contribution >= 4 is 56.0 Å². The van der Waals surface area contributed by atoms with Crippen molar-refractivity contribution in [2.45, 2.75) is 0 Å². The zero-order valence-corrected chi connectivity index (χ0v) is 19.5. The summed E-state index contributed by atoms with van der Waals surface area (Å²) >= 11 is 1.75. The summed E-state index contributed by atoms with van der Waals surface area (Å²) < 4.78 is 10.5. The number of para-hydroxylation sites is 2. The van der Waals surface area contributed by atoms with Gasteiger partial charge in [0.1, 0.15) is 0 Å². The van der Waals surface area contributed by atoms with Crippen LogP contribution in [0.4, 0.5) is 0 Å². The number of nitrogens with zero attached hydrogens (tertiary/aromatic N) is 4. The van der Waals surface area contributed by atoms with Crippen molar-refractivity contribution < 1.29 is 18.4 Å². The maximum atomic E-state index is 12.8. The number of fused-ring (bicyclic) bond motifs is 2. The van der Waals surface area contributed by atoms with Crippen molar-refractivity contribution in [2.24, 2.45) is 0 Å². The van der Waals surface area contributed by atoms with Crippen LogP contribution in [0.3, 0.4) is 0 Å². The number of thiazole rings is 2. The number of Topliss-reactive ketones (excluding diaryl/α,β-unsaturated/α-hetero) is 2. The second-order valence-electron chi connectivity index (χ2n) is 7.36. The summed E-state index contributed by atoms with van der Waals surface area (Å²) in [4.78, 5) is 67.0. The van der Waals surface area contributed by atoms with Crippen LogP contribution in [0.25, 0.3) is 43.6 Å². The molecule has 0 fully saturated rings. The summed E-state index contributed by atoms with van der Waals surface area (Å²) in [6.45, 7) is 0. The quantitative estimate of drug-likeness (QED) is 0.244. The van der Waals surface area contributed by atoms with Gasteiger partial charge in [0, 0.05) is 0 Å². The monoisotopic (exact) mass is 514 g/mol. The van der Waals surface area contributed by atoms with Gasteiger partial charge in [0.25, 0.3) is 11.8 Å². The molecule has 0 atom stereocenters. The lowest BCUT2D eigenvalue weighted by Gasteiger charge is -1.98. The summed E-state index contributed by atoms with van der Waals surface area (Å²) in [5, 5.41) is 1.01. The predicted molar refractivity (Wildman–Crippen MR) is 131 cm³/mol. The first-order chi connectivity index (χ1) is 17.5. The molecule has 0 radical (unpaired) electrons. The van der Waals surface area contributed by atoms with E-state index in [1.807, 2.05) is 0 Å².